The van der Waals surface area contributed by atoms with E-state index in [1.54, 1.807) is 43.4 Å². The molecule has 2 aromatic carbocycles. The molecule has 122 valence electrons. The second-order valence-corrected chi connectivity index (χ2v) is 5.88. The van der Waals surface area contributed by atoms with Crippen LogP contribution in [-0.2, 0) is 6.54 Å². The van der Waals surface area contributed by atoms with Crippen LogP contribution in [0.3, 0.4) is 0 Å². The van der Waals surface area contributed by atoms with Crippen LogP contribution in [0, 0.1) is 0 Å². The third-order valence-electron chi connectivity index (χ3n) is 3.08. The van der Waals surface area contributed by atoms with E-state index in [4.69, 9.17) is 0 Å². The molecule has 7 heteroatoms. The highest BCUT2D eigenvalue weighted by atomic mass is 32.2. The summed E-state index contributed by atoms with van der Waals surface area (Å²) in [6.07, 6.45) is 0. The number of phenols is 1. The van der Waals surface area contributed by atoms with E-state index in [-0.39, 0.29) is 18.3 Å². The van der Waals surface area contributed by atoms with Crippen molar-refractivity contribution in [1.29, 1.82) is 0 Å². The Morgan fingerprint density at radius 3 is 2.48 bits per heavy atom. The first-order chi connectivity index (χ1) is 11.0. The molecule has 2 N–H and O–H groups in total. The highest BCUT2D eigenvalue weighted by Crippen LogP contribution is 2.26. The van der Waals surface area contributed by atoms with Crippen LogP contribution in [0.1, 0.15) is 5.56 Å². The van der Waals surface area contributed by atoms with E-state index in [1.165, 1.54) is 17.0 Å². The number of anilines is 1. The van der Waals surface area contributed by atoms with Gasteiger partial charge in [-0.25, -0.2) is 4.79 Å². The molecule has 2 aromatic rings. The smallest absolute Gasteiger partial charge is 0.321 e. The van der Waals surface area contributed by atoms with Crippen molar-refractivity contribution >= 4 is 23.5 Å². The number of hydrogen-bond donors (Lipinski definition) is 2. The standard InChI is InChI=1S/C16H16F2N2O2S/c1-20(10-11-4-2-3-5-14(11)21)16(22)19-12-6-8-13(9-7-12)23-15(17)18/h2-9,15,21H,10H2,1H3,(H,19,22). The van der Waals surface area contributed by atoms with Crippen molar-refractivity contribution in [2.45, 2.75) is 17.2 Å². The Bertz CT molecular complexity index is 665. The van der Waals surface area contributed by atoms with Crippen molar-refractivity contribution in [1.82, 2.24) is 4.90 Å². The second-order valence-electron chi connectivity index (χ2n) is 4.82. The quantitative estimate of drug-likeness (QED) is 0.796. The van der Waals surface area contributed by atoms with Gasteiger partial charge in [-0.3, -0.25) is 0 Å². The van der Waals surface area contributed by atoms with E-state index in [9.17, 15) is 18.7 Å². The average molecular weight is 338 g/mol. The lowest BCUT2D eigenvalue weighted by Gasteiger charge is -2.18. The molecule has 0 saturated heterocycles. The summed E-state index contributed by atoms with van der Waals surface area (Å²) < 4.78 is 24.5. The minimum Gasteiger partial charge on any atom is -0.508 e. The number of alkyl halides is 2. The Labute approximate surface area is 137 Å². The van der Waals surface area contributed by atoms with Gasteiger partial charge in [0.15, 0.2) is 0 Å². The molecule has 2 amide bonds. The number of halogens is 2. The predicted octanol–water partition coefficient (Wildman–Crippen LogP) is 4.37. The number of hydrogen-bond acceptors (Lipinski definition) is 3. The van der Waals surface area contributed by atoms with Gasteiger partial charge in [0.25, 0.3) is 5.76 Å². The normalized spacial score (nSPS) is 10.6. The summed E-state index contributed by atoms with van der Waals surface area (Å²) in [6, 6.07) is 12.6. The molecular formula is C16H16F2N2O2S. The first kappa shape index (κ1) is 17.1. The molecule has 0 bridgehead atoms. The van der Waals surface area contributed by atoms with Crippen LogP contribution in [0.25, 0.3) is 0 Å². The number of carbonyl (C=O) groups is 1. The minimum absolute atomic E-state index is 0.125. The van der Waals surface area contributed by atoms with Crippen LogP contribution >= 0.6 is 11.8 Å². The van der Waals surface area contributed by atoms with Crippen LogP contribution < -0.4 is 5.32 Å². The molecule has 4 nitrogen and oxygen atoms in total. The summed E-state index contributed by atoms with van der Waals surface area (Å²) in [5.74, 6) is -2.35. The number of thioether (sulfide) groups is 1. The van der Waals surface area contributed by atoms with E-state index < -0.39 is 5.76 Å². The molecule has 0 fully saturated rings. The molecule has 0 spiro atoms. The number of rotatable bonds is 5. The van der Waals surface area contributed by atoms with Gasteiger partial charge < -0.3 is 15.3 Å². The van der Waals surface area contributed by atoms with Gasteiger partial charge in [-0.2, -0.15) is 8.78 Å². The number of amides is 2. The van der Waals surface area contributed by atoms with Gasteiger partial charge in [-0.05, 0) is 30.3 Å². The zero-order valence-electron chi connectivity index (χ0n) is 12.4. The topological polar surface area (TPSA) is 52.6 Å². The maximum Gasteiger partial charge on any atom is 0.321 e. The van der Waals surface area contributed by atoms with E-state index in [0.717, 1.165) is 0 Å². The van der Waals surface area contributed by atoms with Gasteiger partial charge in [-0.1, -0.05) is 30.0 Å². The number of aromatic hydroxyl groups is 1. The third-order valence-corrected chi connectivity index (χ3v) is 3.80. The number of para-hydroxylation sites is 1. The number of urea groups is 1. The second kappa shape index (κ2) is 7.82. The van der Waals surface area contributed by atoms with Gasteiger partial charge in [-0.15, -0.1) is 0 Å². The van der Waals surface area contributed by atoms with Gasteiger partial charge in [0.1, 0.15) is 5.75 Å². The number of nitrogens with zero attached hydrogens (tertiary/aromatic N) is 1. The zero-order chi connectivity index (χ0) is 16.8. The number of nitrogens with one attached hydrogen (secondary N) is 1. The van der Waals surface area contributed by atoms with Crippen molar-refractivity contribution in [2.75, 3.05) is 12.4 Å². The molecule has 0 aromatic heterocycles. The van der Waals surface area contributed by atoms with E-state index in [1.807, 2.05) is 0 Å². The Morgan fingerprint density at radius 1 is 1.22 bits per heavy atom. The summed E-state index contributed by atoms with van der Waals surface area (Å²) >= 11 is 0.451. The minimum atomic E-state index is -2.47. The molecule has 0 saturated carbocycles. The summed E-state index contributed by atoms with van der Waals surface area (Å²) in [4.78, 5) is 13.9. The van der Waals surface area contributed by atoms with Crippen molar-refractivity contribution in [3.05, 3.63) is 54.1 Å². The maximum absolute atomic E-state index is 12.2. The summed E-state index contributed by atoms with van der Waals surface area (Å²) in [6.45, 7) is 0.248. The lowest BCUT2D eigenvalue weighted by Crippen LogP contribution is -2.30. The lowest BCUT2D eigenvalue weighted by molar-refractivity contribution is 0.220. The molecule has 0 atom stereocenters. The SMILES string of the molecule is CN(Cc1ccccc1O)C(=O)Nc1ccc(SC(F)F)cc1. The number of carbonyl (C=O) groups excluding carboxylic acids is 1. The fourth-order valence-electron chi connectivity index (χ4n) is 1.91. The lowest BCUT2D eigenvalue weighted by atomic mass is 10.2. The van der Waals surface area contributed by atoms with Crippen molar-refractivity contribution in [2.24, 2.45) is 0 Å². The van der Waals surface area contributed by atoms with Crippen molar-refractivity contribution in [3.63, 3.8) is 0 Å². The third kappa shape index (κ3) is 5.14. The van der Waals surface area contributed by atoms with Crippen molar-refractivity contribution in [3.8, 4) is 5.75 Å². The molecule has 2 rings (SSSR count). The Hall–Kier alpha value is -2.28. The molecule has 23 heavy (non-hydrogen) atoms. The molecule has 0 heterocycles. The summed E-state index contributed by atoms with van der Waals surface area (Å²) in [5, 5.41) is 12.4. The zero-order valence-corrected chi connectivity index (χ0v) is 13.2. The fourth-order valence-corrected chi connectivity index (χ4v) is 2.41. The number of phenolic OH excluding ortho intramolecular Hbond substituents is 1. The molecule has 0 aliphatic heterocycles. The molecule has 0 radical (unpaired) electrons. The van der Waals surface area contributed by atoms with Crippen LogP contribution in [-0.4, -0.2) is 28.8 Å². The first-order valence-electron chi connectivity index (χ1n) is 6.79. The van der Waals surface area contributed by atoms with E-state index >= 15 is 0 Å². The monoisotopic (exact) mass is 338 g/mol. The fraction of sp³-hybridized carbons (Fsp3) is 0.188. The predicted molar refractivity (Wildman–Crippen MR) is 86.9 cm³/mol. The first-order valence-corrected chi connectivity index (χ1v) is 7.67. The summed E-state index contributed by atoms with van der Waals surface area (Å²) in [5.41, 5.74) is 1.14. The highest BCUT2D eigenvalue weighted by molar-refractivity contribution is 7.99. The average Bonchev–Trinajstić information content (AvgIpc) is 2.51. The Balaban J connectivity index is 1.94. The Morgan fingerprint density at radius 2 is 1.87 bits per heavy atom. The molecular weight excluding hydrogens is 322 g/mol. The van der Waals surface area contributed by atoms with Gasteiger partial charge >= 0.3 is 6.03 Å². The molecule has 0 aliphatic carbocycles. The van der Waals surface area contributed by atoms with Gasteiger partial charge in [0.05, 0.1) is 6.54 Å². The van der Waals surface area contributed by atoms with Crippen LogP contribution in [0.15, 0.2) is 53.4 Å². The molecule has 0 aliphatic rings. The summed E-state index contributed by atoms with van der Waals surface area (Å²) in [7, 11) is 1.60. The Kier molecular flexibility index (Phi) is 5.81. The maximum atomic E-state index is 12.2. The van der Waals surface area contributed by atoms with Gasteiger partial charge in [0, 0.05) is 23.2 Å². The van der Waals surface area contributed by atoms with Crippen molar-refractivity contribution < 1.29 is 18.7 Å². The largest absolute Gasteiger partial charge is 0.508 e. The van der Waals surface area contributed by atoms with E-state index in [0.29, 0.717) is 27.9 Å². The van der Waals surface area contributed by atoms with Crippen LogP contribution in [0.4, 0.5) is 19.3 Å². The molecule has 0 unspecified atom stereocenters. The van der Waals surface area contributed by atoms with E-state index in [2.05, 4.69) is 5.32 Å². The number of benzene rings is 2. The van der Waals surface area contributed by atoms with Crippen LogP contribution in [0.2, 0.25) is 0 Å². The van der Waals surface area contributed by atoms with Crippen LogP contribution in [0.5, 0.6) is 5.75 Å². The van der Waals surface area contributed by atoms with Gasteiger partial charge in [0.2, 0.25) is 0 Å². The highest BCUT2D eigenvalue weighted by Gasteiger charge is 2.12.